The molecule has 10 nitrogen and oxygen atoms in total. The first kappa shape index (κ1) is 34.4. The van der Waals surface area contributed by atoms with Gasteiger partial charge in [0.1, 0.15) is 16.1 Å². The number of piperidine rings is 3. The number of carboxylic acid groups (broad SMARTS) is 1. The fourth-order valence-corrected chi connectivity index (χ4v) is 7.59. The molecule has 0 aliphatic carbocycles. The summed E-state index contributed by atoms with van der Waals surface area (Å²) in [4.78, 5) is 29.2. The normalized spacial score (nSPS) is 19.5. The van der Waals surface area contributed by atoms with Crippen LogP contribution in [0.4, 0.5) is 5.69 Å². The summed E-state index contributed by atoms with van der Waals surface area (Å²) in [6.45, 7) is 2.70. The number of carboxylic acids is 1. The molecule has 3 aromatic carbocycles. The lowest BCUT2D eigenvalue weighted by atomic mass is 9.82. The average molecular weight is 707 g/mol. The number of aromatic carboxylic acids is 1. The second kappa shape index (κ2) is 14.9. The summed E-state index contributed by atoms with van der Waals surface area (Å²) in [5.74, 6) is -1.39. The van der Waals surface area contributed by atoms with Crippen molar-refractivity contribution in [1.29, 1.82) is 0 Å². The fraction of sp³-hybridized carbons (Fsp3) is 0.324. The molecule has 256 valence electrons. The summed E-state index contributed by atoms with van der Waals surface area (Å²) in [6, 6.07) is 18.3. The lowest BCUT2D eigenvalue weighted by molar-refractivity contribution is -0.904. The van der Waals surface area contributed by atoms with E-state index < -0.39 is 23.9 Å². The minimum Gasteiger partial charge on any atom is -0.545 e. The Morgan fingerprint density at radius 1 is 0.959 bits per heavy atom. The van der Waals surface area contributed by atoms with E-state index in [1.54, 1.807) is 30.3 Å². The molecule has 1 unspecified atom stereocenters. The van der Waals surface area contributed by atoms with Gasteiger partial charge in [-0.2, -0.15) is 0 Å². The molecule has 4 heterocycles. The highest BCUT2D eigenvalue weighted by atomic mass is 35.5. The number of hydrogen-bond donors (Lipinski definition) is 2. The SMILES string of the molecule is COc1ccc([C@H](Cc2c(Cl)c[n+](O)cc2Cl)c2c(NC(C(=O)O[C@H]3CN4CCC3CC4)c3ccccc3)cccc2C(=O)[O-])cc1OC. The molecule has 1 aromatic heterocycles. The van der Waals surface area contributed by atoms with Crippen LogP contribution in [0.5, 0.6) is 11.5 Å². The van der Waals surface area contributed by atoms with Crippen LogP contribution in [-0.2, 0) is 16.0 Å². The minimum absolute atomic E-state index is 0.0947. The number of hydrogen-bond acceptors (Lipinski definition) is 9. The topological polar surface area (TPSA) is 124 Å². The first-order chi connectivity index (χ1) is 23.7. The molecule has 3 atom stereocenters. The van der Waals surface area contributed by atoms with Crippen molar-refractivity contribution in [1.82, 2.24) is 4.90 Å². The second-order valence-electron chi connectivity index (χ2n) is 12.3. The second-order valence-corrected chi connectivity index (χ2v) is 13.2. The zero-order chi connectivity index (χ0) is 34.7. The molecule has 12 heteroatoms. The molecule has 0 saturated carbocycles. The average Bonchev–Trinajstić information content (AvgIpc) is 3.11. The molecule has 3 aliphatic rings. The van der Waals surface area contributed by atoms with Gasteiger partial charge in [-0.25, -0.2) is 4.79 Å². The molecule has 2 N–H and O–H groups in total. The quantitative estimate of drug-likeness (QED) is 0.118. The number of carbonyl (C=O) groups is 2. The number of nitrogens with zero attached hydrogens (tertiary/aromatic N) is 2. The minimum atomic E-state index is -1.41. The Kier molecular flexibility index (Phi) is 10.5. The number of nitrogens with one attached hydrogen (secondary N) is 1. The van der Waals surface area contributed by atoms with Gasteiger partial charge in [-0.15, -0.1) is 0 Å². The molecule has 3 saturated heterocycles. The molecule has 0 radical (unpaired) electrons. The molecule has 0 amide bonds. The van der Waals surface area contributed by atoms with Crippen LogP contribution in [0.25, 0.3) is 0 Å². The number of pyridine rings is 1. The number of carbonyl (C=O) groups excluding carboxylic acids is 2. The molecule has 0 spiro atoms. The third kappa shape index (κ3) is 7.41. The van der Waals surface area contributed by atoms with E-state index in [9.17, 15) is 19.9 Å². The predicted octanol–water partition coefficient (Wildman–Crippen LogP) is 5.06. The predicted molar refractivity (Wildman–Crippen MR) is 182 cm³/mol. The van der Waals surface area contributed by atoms with Crippen molar-refractivity contribution in [2.24, 2.45) is 5.92 Å². The third-order valence-electron chi connectivity index (χ3n) is 9.49. The van der Waals surface area contributed by atoms with Crippen LogP contribution >= 0.6 is 23.2 Å². The summed E-state index contributed by atoms with van der Waals surface area (Å²) in [7, 11) is 3.03. The van der Waals surface area contributed by atoms with Crippen LogP contribution < -0.4 is 24.6 Å². The molecule has 3 aliphatic heterocycles. The van der Waals surface area contributed by atoms with Crippen LogP contribution in [0.2, 0.25) is 10.0 Å². The van der Waals surface area contributed by atoms with Gasteiger partial charge in [-0.1, -0.05) is 71.7 Å². The number of halogens is 2. The number of methoxy groups -OCH3 is 2. The Morgan fingerprint density at radius 2 is 1.65 bits per heavy atom. The van der Waals surface area contributed by atoms with E-state index in [0.717, 1.165) is 30.7 Å². The first-order valence-electron chi connectivity index (χ1n) is 16.1. The molecular formula is C37H37Cl2N3O7. The Bertz CT molecular complexity index is 1810. The van der Waals surface area contributed by atoms with Crippen LogP contribution in [0.3, 0.4) is 0 Å². The van der Waals surface area contributed by atoms with Crippen molar-refractivity contribution in [2.45, 2.75) is 37.3 Å². The summed E-state index contributed by atoms with van der Waals surface area (Å²) >= 11 is 13.2. The van der Waals surface area contributed by atoms with E-state index in [-0.39, 0.29) is 28.1 Å². The van der Waals surface area contributed by atoms with Gasteiger partial charge in [-0.05, 0) is 73.2 Å². The summed E-state index contributed by atoms with van der Waals surface area (Å²) < 4.78 is 18.0. The van der Waals surface area contributed by atoms with Gasteiger partial charge in [0.2, 0.25) is 12.4 Å². The Hall–Kier alpha value is -4.51. The largest absolute Gasteiger partial charge is 0.545 e. The van der Waals surface area contributed by atoms with Crippen molar-refractivity contribution in [2.75, 3.05) is 39.2 Å². The van der Waals surface area contributed by atoms with E-state index in [1.165, 1.54) is 32.7 Å². The van der Waals surface area contributed by atoms with Crippen LogP contribution in [-0.4, -0.2) is 62.0 Å². The lowest BCUT2D eigenvalue weighted by Crippen LogP contribution is -2.52. The molecular weight excluding hydrogens is 669 g/mol. The van der Waals surface area contributed by atoms with Crippen molar-refractivity contribution < 1.29 is 38.8 Å². The van der Waals surface area contributed by atoms with Crippen molar-refractivity contribution >= 4 is 40.8 Å². The fourth-order valence-electron chi connectivity index (χ4n) is 6.98. The van der Waals surface area contributed by atoms with Gasteiger partial charge < -0.3 is 29.4 Å². The standard InChI is InChI=1S/C37H37Cl2N3O7/c1-47-31-12-11-24(17-32(31)48-2)26(18-27-28(38)19-42(46)20-29(27)39)34-25(36(43)44)9-6-10-30(34)40-35(23-7-4-3-5-8-23)37(45)49-33-21-41-15-13-22(33)14-16-41/h3-12,17,19-20,22,26,33,35,40H,13-16,18,21H2,1-2H3,(H-,43,44,46)/t26-,33-,35?/m0/s1. The first-order valence-corrected chi connectivity index (χ1v) is 16.8. The lowest BCUT2D eigenvalue weighted by Gasteiger charge is -2.44. The number of fused-ring (bicyclic) bond motifs is 3. The van der Waals surface area contributed by atoms with Crippen LogP contribution in [0.1, 0.15) is 57.4 Å². The third-order valence-corrected chi connectivity index (χ3v) is 10.1. The maximum Gasteiger partial charge on any atom is 0.333 e. The van der Waals surface area contributed by atoms with Crippen molar-refractivity contribution in [3.05, 3.63) is 117 Å². The summed E-state index contributed by atoms with van der Waals surface area (Å²) in [5.41, 5.74) is 2.38. The molecule has 3 fully saturated rings. The molecule has 4 aromatic rings. The monoisotopic (exact) mass is 705 g/mol. The Balaban J connectivity index is 1.48. The smallest absolute Gasteiger partial charge is 0.333 e. The van der Waals surface area contributed by atoms with Crippen LogP contribution in [0, 0.1) is 5.92 Å². The van der Waals surface area contributed by atoms with Gasteiger partial charge in [0, 0.05) is 34.0 Å². The number of aromatic nitrogens is 1. The maximum atomic E-state index is 14.1. The summed E-state index contributed by atoms with van der Waals surface area (Å²) in [5, 5.41) is 26.6. The number of esters is 1. The van der Waals surface area contributed by atoms with E-state index in [2.05, 4.69) is 10.2 Å². The highest BCUT2D eigenvalue weighted by molar-refractivity contribution is 6.35. The van der Waals surface area contributed by atoms with E-state index in [4.69, 9.17) is 37.4 Å². The number of ether oxygens (including phenoxy) is 3. The molecule has 49 heavy (non-hydrogen) atoms. The van der Waals surface area contributed by atoms with Crippen molar-refractivity contribution in [3.8, 4) is 11.5 Å². The zero-order valence-corrected chi connectivity index (χ0v) is 28.6. The Labute approximate surface area is 294 Å². The van der Waals surface area contributed by atoms with Gasteiger partial charge >= 0.3 is 5.97 Å². The summed E-state index contributed by atoms with van der Waals surface area (Å²) in [6.07, 6.45) is 4.43. The highest BCUT2D eigenvalue weighted by Crippen LogP contribution is 2.42. The van der Waals surface area contributed by atoms with E-state index in [0.29, 0.717) is 51.9 Å². The van der Waals surface area contributed by atoms with Gasteiger partial charge in [0.15, 0.2) is 17.5 Å². The van der Waals surface area contributed by atoms with Gasteiger partial charge in [-0.3, -0.25) is 10.1 Å². The molecule has 7 rings (SSSR count). The highest BCUT2D eigenvalue weighted by Gasteiger charge is 2.38. The molecule has 2 bridgehead atoms. The van der Waals surface area contributed by atoms with Crippen molar-refractivity contribution in [3.63, 3.8) is 0 Å². The number of benzene rings is 3. The van der Waals surface area contributed by atoms with E-state index in [1.807, 2.05) is 30.3 Å². The van der Waals surface area contributed by atoms with Gasteiger partial charge in [0.25, 0.3) is 0 Å². The number of anilines is 1. The maximum absolute atomic E-state index is 14.1. The Morgan fingerprint density at radius 3 is 2.27 bits per heavy atom. The van der Waals surface area contributed by atoms with Gasteiger partial charge in [0.05, 0.1) is 20.2 Å². The van der Waals surface area contributed by atoms with E-state index >= 15 is 0 Å². The number of rotatable bonds is 12. The van der Waals surface area contributed by atoms with Crippen LogP contribution in [0.15, 0.2) is 79.1 Å². The zero-order valence-electron chi connectivity index (χ0n) is 27.1.